The highest BCUT2D eigenvalue weighted by Gasteiger charge is 2.35. The van der Waals surface area contributed by atoms with E-state index in [0.29, 0.717) is 11.9 Å². The molecule has 190 valence electrons. The first-order valence-corrected chi connectivity index (χ1v) is 12.4. The Morgan fingerprint density at radius 2 is 1.85 bits per heavy atom. The lowest BCUT2D eigenvalue weighted by Crippen LogP contribution is -2.49. The van der Waals surface area contributed by atoms with Crippen molar-refractivity contribution in [3.63, 3.8) is 0 Å². The van der Waals surface area contributed by atoms with Gasteiger partial charge >= 0.3 is 0 Å². The average Bonchev–Trinajstić information content (AvgIpc) is 3.34. The molecule has 2 heterocycles. The van der Waals surface area contributed by atoms with E-state index < -0.39 is 0 Å². The minimum atomic E-state index is -0.250. The molecule has 0 radical (unpaired) electrons. The third-order valence-corrected chi connectivity index (χ3v) is 6.61. The molecule has 0 aliphatic carbocycles. The molecule has 2 aromatic rings. The number of ether oxygens (including phenoxy) is 2. The molecular formula is C25H40N3O5S+. The van der Waals surface area contributed by atoms with E-state index in [0.717, 1.165) is 55.6 Å². The molecule has 0 bridgehead atoms. The van der Waals surface area contributed by atoms with Crippen molar-refractivity contribution in [1.82, 2.24) is 8.75 Å². The molecule has 2 N–H and O–H groups in total. The SMILES string of the molecule is CCCCCCOc1nsnc1C1=CCC[N+](C)(C(C)c2ccc(OC)cc2)C1.CO.O=CO. The van der Waals surface area contributed by atoms with E-state index in [1.54, 1.807) is 7.11 Å². The maximum absolute atomic E-state index is 8.36. The van der Waals surface area contributed by atoms with Gasteiger partial charge in [0.05, 0.1) is 39.0 Å². The second-order valence-electron chi connectivity index (χ2n) is 8.26. The number of hydrogen-bond acceptors (Lipinski definition) is 7. The maximum Gasteiger partial charge on any atom is 0.290 e. The largest absolute Gasteiger partial charge is 0.497 e. The normalized spacial score (nSPS) is 17.8. The van der Waals surface area contributed by atoms with Gasteiger partial charge in [0.2, 0.25) is 0 Å². The number of aliphatic hydroxyl groups is 1. The van der Waals surface area contributed by atoms with E-state index in [1.165, 1.54) is 42.1 Å². The van der Waals surface area contributed by atoms with E-state index >= 15 is 0 Å². The van der Waals surface area contributed by atoms with Crippen LogP contribution in [-0.4, -0.2) is 70.9 Å². The van der Waals surface area contributed by atoms with Crippen molar-refractivity contribution < 1.29 is 29.0 Å². The van der Waals surface area contributed by atoms with Gasteiger partial charge in [-0.3, -0.25) is 4.79 Å². The number of benzene rings is 1. The molecule has 1 aromatic carbocycles. The van der Waals surface area contributed by atoms with Crippen LogP contribution in [0.15, 0.2) is 30.3 Å². The first kappa shape index (κ1) is 29.5. The van der Waals surface area contributed by atoms with Gasteiger partial charge in [-0.05, 0) is 37.6 Å². The van der Waals surface area contributed by atoms with Crippen LogP contribution >= 0.6 is 11.7 Å². The molecule has 1 aliphatic heterocycles. The van der Waals surface area contributed by atoms with Crippen LogP contribution in [0.1, 0.15) is 63.3 Å². The van der Waals surface area contributed by atoms with Crippen LogP contribution in [0.4, 0.5) is 0 Å². The number of carbonyl (C=O) groups is 1. The fraction of sp³-hybridized carbons (Fsp3) is 0.560. The summed E-state index contributed by atoms with van der Waals surface area (Å²) in [6, 6.07) is 8.84. The number of rotatable bonds is 10. The van der Waals surface area contributed by atoms with Gasteiger partial charge in [-0.25, -0.2) is 0 Å². The lowest BCUT2D eigenvalue weighted by atomic mass is 9.98. The lowest BCUT2D eigenvalue weighted by Gasteiger charge is -2.42. The molecule has 0 fully saturated rings. The zero-order chi connectivity index (χ0) is 25.4. The van der Waals surface area contributed by atoms with Crippen molar-refractivity contribution in [3.05, 3.63) is 41.6 Å². The summed E-state index contributed by atoms with van der Waals surface area (Å²) in [6.07, 6.45) is 8.14. The average molecular weight is 495 g/mol. The first-order chi connectivity index (χ1) is 16.5. The Kier molecular flexibility index (Phi) is 14.1. The van der Waals surface area contributed by atoms with Crippen molar-refractivity contribution in [2.75, 3.05) is 41.0 Å². The van der Waals surface area contributed by atoms with E-state index in [-0.39, 0.29) is 6.47 Å². The van der Waals surface area contributed by atoms with Crippen LogP contribution < -0.4 is 9.47 Å². The Hall–Kier alpha value is -2.49. The summed E-state index contributed by atoms with van der Waals surface area (Å²) in [7, 11) is 5.05. The van der Waals surface area contributed by atoms with Crippen LogP contribution in [0.5, 0.6) is 11.6 Å². The fourth-order valence-corrected chi connectivity index (χ4v) is 4.51. The van der Waals surface area contributed by atoms with Crippen LogP contribution in [0, 0.1) is 0 Å². The van der Waals surface area contributed by atoms with Gasteiger partial charge in [-0.15, -0.1) is 4.37 Å². The number of quaternary nitrogens is 1. The van der Waals surface area contributed by atoms with E-state index in [4.69, 9.17) is 24.5 Å². The Morgan fingerprint density at radius 3 is 2.47 bits per heavy atom. The number of methoxy groups -OCH3 is 1. The van der Waals surface area contributed by atoms with Gasteiger partial charge in [0, 0.05) is 24.7 Å². The number of aliphatic hydroxyl groups excluding tert-OH is 1. The minimum Gasteiger partial charge on any atom is -0.497 e. The molecule has 1 aromatic heterocycles. The summed E-state index contributed by atoms with van der Waals surface area (Å²) in [5.41, 5.74) is 3.53. The molecular weight excluding hydrogens is 454 g/mol. The van der Waals surface area contributed by atoms with Gasteiger partial charge in [-0.1, -0.05) is 32.3 Å². The molecule has 0 spiro atoms. The number of nitrogens with zero attached hydrogens (tertiary/aromatic N) is 3. The molecule has 0 saturated heterocycles. The van der Waals surface area contributed by atoms with E-state index in [1.807, 2.05) is 12.1 Å². The van der Waals surface area contributed by atoms with Gasteiger partial charge < -0.3 is 24.2 Å². The van der Waals surface area contributed by atoms with Crippen LogP contribution in [0.3, 0.4) is 0 Å². The quantitative estimate of drug-likeness (QED) is 0.278. The fourth-order valence-electron chi connectivity index (χ4n) is 3.98. The molecule has 0 saturated carbocycles. The van der Waals surface area contributed by atoms with Crippen molar-refractivity contribution in [3.8, 4) is 11.6 Å². The van der Waals surface area contributed by atoms with Crippen molar-refractivity contribution >= 4 is 23.8 Å². The predicted octanol–water partition coefficient (Wildman–Crippen LogP) is 4.81. The standard InChI is InChI=1S/C23H34N3O2S.CH2O2.CH4O/c1-5-6-7-8-16-28-23-22(24-29-25-23)20-10-9-15-26(3,17-20)18(2)19-11-13-21(27-4)14-12-19;2-1-3;1-2/h10-14,18H,5-9,15-17H2,1-4H3;1H,(H,2,3);2H,1H3/q+1;;. The highest BCUT2D eigenvalue weighted by Crippen LogP contribution is 2.36. The first-order valence-electron chi connectivity index (χ1n) is 11.6. The molecule has 34 heavy (non-hydrogen) atoms. The monoisotopic (exact) mass is 494 g/mol. The minimum absolute atomic E-state index is 0.250. The number of unbranched alkanes of at least 4 members (excludes halogenated alkanes) is 3. The summed E-state index contributed by atoms with van der Waals surface area (Å²) >= 11 is 1.25. The maximum atomic E-state index is 8.36. The molecule has 8 nitrogen and oxygen atoms in total. The molecule has 0 amide bonds. The number of carboxylic acid groups (broad SMARTS) is 1. The molecule has 2 unspecified atom stereocenters. The highest BCUT2D eigenvalue weighted by molar-refractivity contribution is 6.99. The zero-order valence-corrected chi connectivity index (χ0v) is 21.9. The third-order valence-electron chi connectivity index (χ3n) is 6.09. The summed E-state index contributed by atoms with van der Waals surface area (Å²) in [5, 5.41) is 13.9. The number of likely N-dealkylation sites (N-methyl/N-ethyl adjacent to an activating group) is 1. The zero-order valence-electron chi connectivity index (χ0n) is 21.1. The Balaban J connectivity index is 0.00000107. The van der Waals surface area contributed by atoms with Crippen LogP contribution in [0.2, 0.25) is 0 Å². The molecule has 2 atom stereocenters. The van der Waals surface area contributed by atoms with E-state index in [2.05, 4.69) is 47.9 Å². The Bertz CT molecular complexity index is 856. The molecule has 9 heteroatoms. The number of hydrogen-bond donors (Lipinski definition) is 2. The van der Waals surface area contributed by atoms with Gasteiger partial charge in [0.1, 0.15) is 24.0 Å². The van der Waals surface area contributed by atoms with Crippen LogP contribution in [-0.2, 0) is 4.79 Å². The van der Waals surface area contributed by atoms with Crippen molar-refractivity contribution in [1.29, 1.82) is 0 Å². The topological polar surface area (TPSA) is 102 Å². The van der Waals surface area contributed by atoms with E-state index in [9.17, 15) is 0 Å². The summed E-state index contributed by atoms with van der Waals surface area (Å²) in [6.45, 7) is 7.06. The predicted molar refractivity (Wildman–Crippen MR) is 136 cm³/mol. The third kappa shape index (κ3) is 8.70. The van der Waals surface area contributed by atoms with Crippen LogP contribution in [0.25, 0.3) is 5.57 Å². The van der Waals surface area contributed by atoms with Gasteiger partial charge in [0.15, 0.2) is 0 Å². The van der Waals surface area contributed by atoms with Gasteiger partial charge in [-0.2, -0.15) is 4.37 Å². The number of aromatic nitrogens is 2. The van der Waals surface area contributed by atoms with Crippen molar-refractivity contribution in [2.24, 2.45) is 0 Å². The van der Waals surface area contributed by atoms with Gasteiger partial charge in [0.25, 0.3) is 12.4 Å². The Labute approximate surface area is 207 Å². The molecule has 3 rings (SSSR count). The summed E-state index contributed by atoms with van der Waals surface area (Å²) in [5.74, 6) is 1.61. The second kappa shape index (κ2) is 16.2. The highest BCUT2D eigenvalue weighted by atomic mass is 32.1. The lowest BCUT2D eigenvalue weighted by molar-refractivity contribution is -0.931. The smallest absolute Gasteiger partial charge is 0.290 e. The summed E-state index contributed by atoms with van der Waals surface area (Å²) < 4.78 is 21.3. The molecule has 1 aliphatic rings. The van der Waals surface area contributed by atoms with Crippen molar-refractivity contribution in [2.45, 2.75) is 52.0 Å². The summed E-state index contributed by atoms with van der Waals surface area (Å²) in [4.78, 5) is 8.36. The second-order valence-corrected chi connectivity index (χ2v) is 8.79. The Morgan fingerprint density at radius 1 is 1.18 bits per heavy atom.